The minimum absolute atomic E-state index is 0.0950. The summed E-state index contributed by atoms with van der Waals surface area (Å²) in [6.07, 6.45) is 0. The van der Waals surface area contributed by atoms with Crippen LogP contribution in [0.3, 0.4) is 0 Å². The fraction of sp³-hybridized carbons (Fsp3) is 0.167. The first-order chi connectivity index (χ1) is 5.11. The first-order valence-electron chi connectivity index (χ1n) is 2.69. The molecule has 0 radical (unpaired) electrons. The number of ketones is 1. The molecule has 1 unspecified atom stereocenters. The zero-order chi connectivity index (χ0) is 8.43. The molecule has 0 bridgehead atoms. The Kier molecular flexibility index (Phi) is 3.55. The lowest BCUT2D eigenvalue weighted by atomic mass is 10.4. The van der Waals surface area contributed by atoms with Gasteiger partial charge in [0.25, 0.3) is 0 Å². The molecule has 0 aliphatic heterocycles. The Morgan fingerprint density at radius 2 is 2.27 bits per heavy atom. The number of hydrogen-bond donors (Lipinski definition) is 0. The Morgan fingerprint density at radius 1 is 1.64 bits per heavy atom. The lowest BCUT2D eigenvalue weighted by molar-refractivity contribution is 0.101. The third-order valence-corrected chi connectivity index (χ3v) is 3.27. The van der Waals surface area contributed by atoms with Crippen molar-refractivity contribution in [1.29, 1.82) is 0 Å². The van der Waals surface area contributed by atoms with E-state index < -0.39 is 4.29 Å². The predicted molar refractivity (Wildman–Crippen MR) is 54.9 cm³/mol. The quantitative estimate of drug-likeness (QED) is 0.601. The van der Waals surface area contributed by atoms with Gasteiger partial charge in [-0.3, -0.25) is 4.79 Å². The summed E-state index contributed by atoms with van der Waals surface area (Å²) >= 11 is 13.2. The monoisotopic (exact) mass is 316 g/mol. The van der Waals surface area contributed by atoms with Gasteiger partial charge in [0.15, 0.2) is 4.29 Å². The van der Waals surface area contributed by atoms with E-state index in [2.05, 4.69) is 31.9 Å². The summed E-state index contributed by atoms with van der Waals surface area (Å²) < 4.78 is 0.318. The zero-order valence-electron chi connectivity index (χ0n) is 5.18. The van der Waals surface area contributed by atoms with Crippen LogP contribution in [0.15, 0.2) is 15.9 Å². The number of rotatable bonds is 2. The number of thiophene rings is 1. The molecule has 1 rings (SSSR count). The van der Waals surface area contributed by atoms with E-state index >= 15 is 0 Å². The van der Waals surface area contributed by atoms with E-state index in [1.807, 2.05) is 6.07 Å². The number of carbonyl (C=O) groups is 1. The zero-order valence-corrected chi connectivity index (χ0v) is 9.93. The van der Waals surface area contributed by atoms with Gasteiger partial charge in [0.1, 0.15) is 0 Å². The van der Waals surface area contributed by atoms with Crippen LogP contribution in [-0.4, -0.2) is 10.1 Å². The van der Waals surface area contributed by atoms with Gasteiger partial charge < -0.3 is 0 Å². The van der Waals surface area contributed by atoms with E-state index in [9.17, 15) is 4.79 Å². The molecule has 1 heterocycles. The van der Waals surface area contributed by atoms with Crippen LogP contribution in [0.4, 0.5) is 0 Å². The molecule has 1 aromatic heterocycles. The second-order valence-electron chi connectivity index (χ2n) is 1.77. The summed E-state index contributed by atoms with van der Waals surface area (Å²) in [5, 5.41) is 0. The Bertz CT molecular complexity index is 271. The normalized spacial score (nSPS) is 13.0. The number of Topliss-reactive ketones (excluding diaryl/α,β-unsaturated/α-hetero) is 1. The van der Waals surface area contributed by atoms with Gasteiger partial charge in [0.2, 0.25) is 5.78 Å². The average molecular weight is 318 g/mol. The fourth-order valence-corrected chi connectivity index (χ4v) is 2.49. The van der Waals surface area contributed by atoms with Crippen LogP contribution in [-0.2, 0) is 0 Å². The van der Waals surface area contributed by atoms with E-state index in [-0.39, 0.29) is 5.78 Å². The lowest BCUT2D eigenvalue weighted by Crippen LogP contribution is -2.04. The second-order valence-corrected chi connectivity index (χ2v) is 6.11. The van der Waals surface area contributed by atoms with Crippen LogP contribution in [0.5, 0.6) is 0 Å². The van der Waals surface area contributed by atoms with E-state index in [0.29, 0.717) is 4.88 Å². The smallest absolute Gasteiger partial charge is 0.201 e. The molecule has 1 atom stereocenters. The molecule has 0 spiro atoms. The van der Waals surface area contributed by atoms with Crippen molar-refractivity contribution < 1.29 is 4.79 Å². The maximum Gasteiger partial charge on any atom is 0.201 e. The van der Waals surface area contributed by atoms with Crippen molar-refractivity contribution in [2.45, 2.75) is 4.29 Å². The second kappa shape index (κ2) is 4.03. The number of hydrogen-bond acceptors (Lipinski definition) is 2. The van der Waals surface area contributed by atoms with Gasteiger partial charge >= 0.3 is 0 Å². The molecule has 1 aromatic rings. The summed E-state index contributed by atoms with van der Waals surface area (Å²) in [7, 11) is 0. The third kappa shape index (κ3) is 2.54. The van der Waals surface area contributed by atoms with Crippen LogP contribution in [0.1, 0.15) is 9.67 Å². The van der Waals surface area contributed by atoms with Crippen molar-refractivity contribution in [3.05, 3.63) is 20.8 Å². The Morgan fingerprint density at radius 3 is 2.64 bits per heavy atom. The summed E-state index contributed by atoms with van der Waals surface area (Å²) in [5.41, 5.74) is 0. The molecule has 0 amide bonds. The highest BCUT2D eigenvalue weighted by molar-refractivity contribution is 9.11. The minimum Gasteiger partial charge on any atom is -0.291 e. The SMILES string of the molecule is O=C(c1ccc(Br)s1)C(Cl)Br. The van der Waals surface area contributed by atoms with Gasteiger partial charge in [-0.05, 0) is 28.1 Å². The maximum absolute atomic E-state index is 11.2. The summed E-state index contributed by atoms with van der Waals surface area (Å²) in [5.74, 6) is -0.0950. The number of carbonyl (C=O) groups excluding carboxylic acids is 1. The van der Waals surface area contributed by atoms with Crippen molar-refractivity contribution in [3.8, 4) is 0 Å². The van der Waals surface area contributed by atoms with Crippen LogP contribution < -0.4 is 0 Å². The molecule has 11 heavy (non-hydrogen) atoms. The highest BCUT2D eigenvalue weighted by atomic mass is 79.9. The molecule has 5 heteroatoms. The van der Waals surface area contributed by atoms with Crippen LogP contribution in [0.2, 0.25) is 0 Å². The molecule has 0 aliphatic carbocycles. The van der Waals surface area contributed by atoms with Gasteiger partial charge in [-0.25, -0.2) is 0 Å². The highest BCUT2D eigenvalue weighted by Crippen LogP contribution is 2.25. The van der Waals surface area contributed by atoms with Crippen molar-refractivity contribution in [1.82, 2.24) is 0 Å². The van der Waals surface area contributed by atoms with E-state index in [0.717, 1.165) is 3.79 Å². The predicted octanol–water partition coefficient (Wildman–Crippen LogP) is 3.65. The van der Waals surface area contributed by atoms with Crippen LogP contribution >= 0.6 is 54.8 Å². The Balaban J connectivity index is 2.85. The Labute approximate surface area is 90.0 Å². The molecule has 0 aliphatic rings. The third-order valence-electron chi connectivity index (χ3n) is 1.01. The standard InChI is InChI=1S/C6H3Br2ClOS/c7-4-2-1-3(11-4)5(10)6(8)9/h1-2,6H. The van der Waals surface area contributed by atoms with Gasteiger partial charge in [0.05, 0.1) is 8.66 Å². The van der Waals surface area contributed by atoms with Gasteiger partial charge in [-0.2, -0.15) is 0 Å². The lowest BCUT2D eigenvalue weighted by Gasteiger charge is -1.94. The van der Waals surface area contributed by atoms with Crippen LogP contribution in [0, 0.1) is 0 Å². The highest BCUT2D eigenvalue weighted by Gasteiger charge is 2.15. The first-order valence-corrected chi connectivity index (χ1v) is 5.65. The minimum atomic E-state index is -0.618. The summed E-state index contributed by atoms with van der Waals surface area (Å²) in [6, 6.07) is 3.57. The molecule has 0 aromatic carbocycles. The molecule has 0 saturated heterocycles. The molecule has 1 nitrogen and oxygen atoms in total. The van der Waals surface area contributed by atoms with E-state index in [4.69, 9.17) is 11.6 Å². The number of halogens is 3. The maximum atomic E-state index is 11.2. The number of alkyl halides is 2. The van der Waals surface area contributed by atoms with E-state index in [1.54, 1.807) is 6.07 Å². The topological polar surface area (TPSA) is 17.1 Å². The summed E-state index contributed by atoms with van der Waals surface area (Å²) in [6.45, 7) is 0. The van der Waals surface area contributed by atoms with E-state index in [1.165, 1.54) is 11.3 Å². The van der Waals surface area contributed by atoms with Crippen molar-refractivity contribution in [2.75, 3.05) is 0 Å². The summed E-state index contributed by atoms with van der Waals surface area (Å²) in [4.78, 5) is 11.8. The van der Waals surface area contributed by atoms with Crippen molar-refractivity contribution >= 4 is 60.6 Å². The molecular weight excluding hydrogens is 315 g/mol. The first kappa shape index (κ1) is 9.71. The van der Waals surface area contributed by atoms with Crippen LogP contribution in [0.25, 0.3) is 0 Å². The van der Waals surface area contributed by atoms with Crippen molar-refractivity contribution in [3.63, 3.8) is 0 Å². The Hall–Kier alpha value is 0.620. The van der Waals surface area contributed by atoms with Gasteiger partial charge in [0, 0.05) is 0 Å². The largest absolute Gasteiger partial charge is 0.291 e. The van der Waals surface area contributed by atoms with Crippen molar-refractivity contribution in [2.24, 2.45) is 0 Å². The fourth-order valence-electron chi connectivity index (χ4n) is 0.554. The molecular formula is C6H3Br2ClOS. The van der Waals surface area contributed by atoms with Gasteiger partial charge in [-0.1, -0.05) is 15.9 Å². The molecule has 0 saturated carbocycles. The average Bonchev–Trinajstić information content (AvgIpc) is 2.34. The molecule has 0 N–H and O–H groups in total. The molecule has 60 valence electrons. The molecule has 0 fully saturated rings. The van der Waals surface area contributed by atoms with Gasteiger partial charge in [-0.15, -0.1) is 22.9 Å².